The molecule has 3 nitrogen and oxygen atoms in total. The maximum Gasteiger partial charge on any atom is 0.0839 e. The molecule has 12 heavy (non-hydrogen) atoms. The van der Waals surface area contributed by atoms with Crippen LogP contribution < -0.4 is 5.32 Å². The van der Waals surface area contributed by atoms with E-state index in [4.69, 9.17) is 0 Å². The van der Waals surface area contributed by atoms with E-state index in [1.807, 2.05) is 13.1 Å². The largest absolute Gasteiger partial charge is 0.390 e. The summed E-state index contributed by atoms with van der Waals surface area (Å²) in [5.74, 6) is 0. The first-order chi connectivity index (χ1) is 5.74. The minimum Gasteiger partial charge on any atom is -0.390 e. The zero-order valence-electron chi connectivity index (χ0n) is 7.45. The highest BCUT2D eigenvalue weighted by atomic mass is 16.3. The van der Waals surface area contributed by atoms with Crippen LogP contribution in [-0.4, -0.2) is 36.0 Å². The molecule has 0 aromatic rings. The van der Waals surface area contributed by atoms with Crippen molar-refractivity contribution in [1.29, 1.82) is 0 Å². The van der Waals surface area contributed by atoms with E-state index in [1.54, 1.807) is 0 Å². The van der Waals surface area contributed by atoms with Crippen LogP contribution in [0, 0.1) is 0 Å². The van der Waals surface area contributed by atoms with Crippen molar-refractivity contribution in [3.8, 4) is 0 Å². The minimum absolute atomic E-state index is 0.552. The van der Waals surface area contributed by atoms with Crippen LogP contribution >= 0.6 is 0 Å². The van der Waals surface area contributed by atoms with Gasteiger partial charge in [0.15, 0.2) is 0 Å². The van der Waals surface area contributed by atoms with E-state index in [-0.39, 0.29) is 0 Å². The van der Waals surface area contributed by atoms with Gasteiger partial charge in [0.1, 0.15) is 0 Å². The van der Waals surface area contributed by atoms with Crippen LogP contribution in [0.5, 0.6) is 0 Å². The Bertz CT molecular complexity index is 168. The smallest absolute Gasteiger partial charge is 0.0839 e. The summed E-state index contributed by atoms with van der Waals surface area (Å²) in [5, 5.41) is 21.6. The molecule has 1 rings (SSSR count). The highest BCUT2D eigenvalue weighted by Gasteiger charge is 2.20. The van der Waals surface area contributed by atoms with E-state index in [0.717, 1.165) is 13.0 Å². The van der Waals surface area contributed by atoms with Gasteiger partial charge in [-0.2, -0.15) is 0 Å². The lowest BCUT2D eigenvalue weighted by atomic mass is 9.93. The average Bonchev–Trinajstić information content (AvgIpc) is 2.07. The summed E-state index contributed by atoms with van der Waals surface area (Å²) in [6.45, 7) is 0.939. The molecule has 0 heterocycles. The van der Waals surface area contributed by atoms with E-state index in [1.165, 1.54) is 5.57 Å². The van der Waals surface area contributed by atoms with Crippen molar-refractivity contribution >= 4 is 0 Å². The Morgan fingerprint density at radius 3 is 2.83 bits per heavy atom. The molecule has 0 bridgehead atoms. The molecular weight excluding hydrogens is 154 g/mol. The summed E-state index contributed by atoms with van der Waals surface area (Å²) in [6, 6.07) is 0. The van der Waals surface area contributed by atoms with E-state index < -0.39 is 12.2 Å². The standard InChI is InChI=1S/C9H17NO2/c1-10-5-4-7-2-3-8(11)9(12)6-7/h2,8-12H,3-6H2,1H3/t8-,9+/m0/s1. The summed E-state index contributed by atoms with van der Waals surface area (Å²) in [7, 11) is 1.91. The van der Waals surface area contributed by atoms with Gasteiger partial charge < -0.3 is 15.5 Å². The van der Waals surface area contributed by atoms with Crippen molar-refractivity contribution in [3.63, 3.8) is 0 Å². The van der Waals surface area contributed by atoms with Gasteiger partial charge in [-0.3, -0.25) is 0 Å². The highest BCUT2D eigenvalue weighted by molar-refractivity contribution is 5.09. The SMILES string of the molecule is CNCCC1=CC[C@H](O)[C@H](O)C1. The molecule has 0 aliphatic heterocycles. The molecule has 0 amide bonds. The number of nitrogens with one attached hydrogen (secondary N) is 1. The van der Waals surface area contributed by atoms with Crippen molar-refractivity contribution in [2.45, 2.75) is 31.5 Å². The zero-order valence-corrected chi connectivity index (χ0v) is 7.45. The molecule has 0 radical (unpaired) electrons. The van der Waals surface area contributed by atoms with Crippen LogP contribution in [0.4, 0.5) is 0 Å². The number of rotatable bonds is 3. The maximum absolute atomic E-state index is 9.34. The molecule has 1 aliphatic carbocycles. The average molecular weight is 171 g/mol. The van der Waals surface area contributed by atoms with E-state index >= 15 is 0 Å². The molecule has 0 fully saturated rings. The van der Waals surface area contributed by atoms with E-state index in [2.05, 4.69) is 5.32 Å². The summed E-state index contributed by atoms with van der Waals surface area (Å²) in [5.41, 5.74) is 1.25. The number of aliphatic hydroxyl groups excluding tert-OH is 2. The van der Waals surface area contributed by atoms with Gasteiger partial charge in [-0.1, -0.05) is 11.6 Å². The lowest BCUT2D eigenvalue weighted by molar-refractivity contribution is 0.0163. The Morgan fingerprint density at radius 1 is 1.50 bits per heavy atom. The molecule has 1 aliphatic rings. The van der Waals surface area contributed by atoms with Gasteiger partial charge in [0.2, 0.25) is 0 Å². The second-order valence-corrected chi connectivity index (χ2v) is 3.29. The number of hydrogen-bond donors (Lipinski definition) is 3. The molecule has 70 valence electrons. The topological polar surface area (TPSA) is 52.5 Å². The third kappa shape index (κ3) is 2.59. The van der Waals surface area contributed by atoms with Crippen molar-refractivity contribution in [3.05, 3.63) is 11.6 Å². The van der Waals surface area contributed by atoms with Crippen LogP contribution in [0.15, 0.2) is 11.6 Å². The normalized spacial score (nSPS) is 30.1. The molecule has 3 N–H and O–H groups in total. The first-order valence-corrected chi connectivity index (χ1v) is 4.42. The fraction of sp³-hybridized carbons (Fsp3) is 0.778. The summed E-state index contributed by atoms with van der Waals surface area (Å²) in [4.78, 5) is 0. The summed E-state index contributed by atoms with van der Waals surface area (Å²) in [6.07, 6.45) is 3.13. The van der Waals surface area contributed by atoms with E-state index in [9.17, 15) is 10.2 Å². The molecule has 0 unspecified atom stereocenters. The van der Waals surface area contributed by atoms with Gasteiger partial charge in [-0.05, 0) is 32.9 Å². The van der Waals surface area contributed by atoms with Crippen LogP contribution in [0.3, 0.4) is 0 Å². The van der Waals surface area contributed by atoms with Gasteiger partial charge in [0, 0.05) is 0 Å². The quantitative estimate of drug-likeness (QED) is 0.525. The van der Waals surface area contributed by atoms with Crippen LogP contribution in [0.2, 0.25) is 0 Å². The molecule has 0 saturated heterocycles. The Labute approximate surface area is 73.1 Å². The summed E-state index contributed by atoms with van der Waals surface area (Å²) < 4.78 is 0. The lowest BCUT2D eigenvalue weighted by Gasteiger charge is -2.23. The first kappa shape index (κ1) is 9.71. The Kier molecular flexibility index (Phi) is 3.72. The summed E-state index contributed by atoms with van der Waals surface area (Å²) >= 11 is 0. The van der Waals surface area contributed by atoms with Gasteiger partial charge in [-0.25, -0.2) is 0 Å². The third-order valence-corrected chi connectivity index (χ3v) is 2.26. The van der Waals surface area contributed by atoms with Crippen molar-refractivity contribution < 1.29 is 10.2 Å². The van der Waals surface area contributed by atoms with Crippen molar-refractivity contribution in [2.75, 3.05) is 13.6 Å². The van der Waals surface area contributed by atoms with Gasteiger partial charge >= 0.3 is 0 Å². The number of hydrogen-bond acceptors (Lipinski definition) is 3. The molecule has 3 heteroatoms. The maximum atomic E-state index is 9.34. The van der Waals surface area contributed by atoms with Gasteiger partial charge in [0.25, 0.3) is 0 Å². The zero-order chi connectivity index (χ0) is 8.97. The van der Waals surface area contributed by atoms with Crippen molar-refractivity contribution in [2.24, 2.45) is 0 Å². The van der Waals surface area contributed by atoms with Crippen molar-refractivity contribution in [1.82, 2.24) is 5.32 Å². The third-order valence-electron chi connectivity index (χ3n) is 2.26. The lowest BCUT2D eigenvalue weighted by Crippen LogP contribution is -2.29. The monoisotopic (exact) mass is 171 g/mol. The predicted molar refractivity (Wildman–Crippen MR) is 47.9 cm³/mol. The van der Waals surface area contributed by atoms with Crippen LogP contribution in [0.25, 0.3) is 0 Å². The molecular formula is C9H17NO2. The fourth-order valence-electron chi connectivity index (χ4n) is 1.42. The predicted octanol–water partition coefficient (Wildman–Crippen LogP) is 0.0379. The van der Waals surface area contributed by atoms with Crippen LogP contribution in [0.1, 0.15) is 19.3 Å². The molecule has 0 aromatic carbocycles. The second kappa shape index (κ2) is 4.60. The fourth-order valence-corrected chi connectivity index (χ4v) is 1.42. The van der Waals surface area contributed by atoms with Gasteiger partial charge in [-0.15, -0.1) is 0 Å². The number of aliphatic hydroxyl groups is 2. The minimum atomic E-state index is -0.554. The molecule has 0 aromatic heterocycles. The Balaban J connectivity index is 2.36. The van der Waals surface area contributed by atoms with E-state index in [0.29, 0.717) is 12.8 Å². The highest BCUT2D eigenvalue weighted by Crippen LogP contribution is 2.20. The van der Waals surface area contributed by atoms with Gasteiger partial charge in [0.05, 0.1) is 12.2 Å². The Morgan fingerprint density at radius 2 is 2.25 bits per heavy atom. The molecule has 2 atom stereocenters. The second-order valence-electron chi connectivity index (χ2n) is 3.29. The molecule has 0 saturated carbocycles. The first-order valence-electron chi connectivity index (χ1n) is 4.42. The molecule has 0 spiro atoms. The Hall–Kier alpha value is -0.380. The van der Waals surface area contributed by atoms with Crippen LogP contribution in [-0.2, 0) is 0 Å².